The number of likely N-dealkylation sites (tertiary alicyclic amines) is 1. The van der Waals surface area contributed by atoms with Gasteiger partial charge in [0.15, 0.2) is 0 Å². The van der Waals surface area contributed by atoms with E-state index in [9.17, 15) is 18.4 Å². The van der Waals surface area contributed by atoms with Crippen molar-refractivity contribution >= 4 is 11.8 Å². The number of rotatable bonds is 6. The molecule has 0 aliphatic carbocycles. The summed E-state index contributed by atoms with van der Waals surface area (Å²) in [6.07, 6.45) is 3.37. The normalized spacial score (nSPS) is 15.4. The van der Waals surface area contributed by atoms with Crippen molar-refractivity contribution < 1.29 is 18.4 Å². The molecule has 8 heteroatoms. The number of benzene rings is 2. The Bertz CT molecular complexity index is 1080. The first-order valence-electron chi connectivity index (χ1n) is 10.5. The molecule has 4 rings (SSSR count). The third kappa shape index (κ3) is 5.38. The van der Waals surface area contributed by atoms with Gasteiger partial charge in [-0.3, -0.25) is 9.59 Å². The van der Waals surface area contributed by atoms with Crippen LogP contribution >= 0.6 is 0 Å². The number of carbonyl (C=O) groups is 2. The predicted molar refractivity (Wildman–Crippen MR) is 116 cm³/mol. The number of nitrogens with zero attached hydrogens (tertiary/aromatic N) is 3. The molecule has 32 heavy (non-hydrogen) atoms. The second-order valence-electron chi connectivity index (χ2n) is 7.97. The fraction of sp³-hybridized carbons (Fsp3) is 0.292. The fourth-order valence-electron chi connectivity index (χ4n) is 3.71. The standard InChI is InChI=1S/C24H24F2N4O2/c25-24(26)11-4-12-29(17-24)23(32)20-15-28-30(16-20)21-9-7-19(8-10-21)14-27-22(31)13-18-5-2-1-3-6-18/h1-3,5-10,15-16H,4,11-14,17H2,(H,27,31). The summed E-state index contributed by atoms with van der Waals surface area (Å²) in [6.45, 7) is 0.171. The fourth-order valence-corrected chi connectivity index (χ4v) is 3.71. The van der Waals surface area contributed by atoms with Crippen molar-refractivity contribution in [3.63, 3.8) is 0 Å². The Morgan fingerprint density at radius 1 is 1.03 bits per heavy atom. The number of alkyl halides is 2. The van der Waals surface area contributed by atoms with Gasteiger partial charge in [-0.15, -0.1) is 0 Å². The summed E-state index contributed by atoms with van der Waals surface area (Å²) in [5.74, 6) is -3.33. The molecule has 6 nitrogen and oxygen atoms in total. The number of aromatic nitrogens is 2. The van der Waals surface area contributed by atoms with Crippen LogP contribution in [0.1, 0.15) is 34.3 Å². The molecule has 1 saturated heterocycles. The summed E-state index contributed by atoms with van der Waals surface area (Å²) >= 11 is 0. The lowest BCUT2D eigenvalue weighted by molar-refractivity contribution is -0.120. The lowest BCUT2D eigenvalue weighted by atomic mass is 10.1. The highest BCUT2D eigenvalue weighted by Crippen LogP contribution is 2.27. The molecule has 0 atom stereocenters. The van der Waals surface area contributed by atoms with E-state index in [1.54, 1.807) is 6.20 Å². The Morgan fingerprint density at radius 3 is 2.50 bits per heavy atom. The molecule has 1 fully saturated rings. The number of nitrogens with one attached hydrogen (secondary N) is 1. The third-order valence-corrected chi connectivity index (χ3v) is 5.41. The first-order valence-corrected chi connectivity index (χ1v) is 10.5. The van der Waals surface area contributed by atoms with Crippen LogP contribution in [0.3, 0.4) is 0 Å². The molecule has 166 valence electrons. The largest absolute Gasteiger partial charge is 0.352 e. The Balaban J connectivity index is 1.34. The van der Waals surface area contributed by atoms with Gasteiger partial charge in [0.25, 0.3) is 11.8 Å². The van der Waals surface area contributed by atoms with Crippen LogP contribution in [0.4, 0.5) is 8.78 Å². The SMILES string of the molecule is O=C(Cc1ccccc1)NCc1ccc(-n2cc(C(=O)N3CCCC(F)(F)C3)cn2)cc1. The van der Waals surface area contributed by atoms with Crippen molar-refractivity contribution in [3.05, 3.63) is 83.7 Å². The van der Waals surface area contributed by atoms with E-state index in [1.165, 1.54) is 15.8 Å². The van der Waals surface area contributed by atoms with Crippen LogP contribution in [0.15, 0.2) is 67.0 Å². The van der Waals surface area contributed by atoms with Crippen LogP contribution in [0.25, 0.3) is 5.69 Å². The number of carbonyl (C=O) groups excluding carboxylic acids is 2. The van der Waals surface area contributed by atoms with Gasteiger partial charge in [-0.1, -0.05) is 42.5 Å². The number of halogens is 2. The van der Waals surface area contributed by atoms with Gasteiger partial charge in [-0.05, 0) is 29.7 Å². The molecule has 3 aromatic rings. The van der Waals surface area contributed by atoms with Crippen molar-refractivity contribution in [3.8, 4) is 5.69 Å². The Morgan fingerprint density at radius 2 is 1.78 bits per heavy atom. The molecule has 0 bridgehead atoms. The average molecular weight is 438 g/mol. The summed E-state index contributed by atoms with van der Waals surface area (Å²) in [5.41, 5.74) is 2.89. The second kappa shape index (κ2) is 9.30. The van der Waals surface area contributed by atoms with Crippen LogP contribution in [0, 0.1) is 0 Å². The Hall–Kier alpha value is -3.55. The van der Waals surface area contributed by atoms with Gasteiger partial charge in [0.1, 0.15) is 0 Å². The lowest BCUT2D eigenvalue weighted by Gasteiger charge is -2.32. The van der Waals surface area contributed by atoms with Gasteiger partial charge < -0.3 is 10.2 Å². The summed E-state index contributed by atoms with van der Waals surface area (Å²) < 4.78 is 28.8. The Kier molecular flexibility index (Phi) is 6.30. The molecule has 0 spiro atoms. The van der Waals surface area contributed by atoms with Crippen LogP contribution in [-0.2, 0) is 17.8 Å². The molecule has 0 saturated carbocycles. The maximum Gasteiger partial charge on any atom is 0.265 e. The van der Waals surface area contributed by atoms with Crippen LogP contribution in [0.2, 0.25) is 0 Å². The van der Waals surface area contributed by atoms with Crippen LogP contribution < -0.4 is 5.32 Å². The predicted octanol–water partition coefficient (Wildman–Crippen LogP) is 3.60. The van der Waals surface area contributed by atoms with Crippen LogP contribution in [0.5, 0.6) is 0 Å². The summed E-state index contributed by atoms with van der Waals surface area (Å²) in [4.78, 5) is 25.9. The first kappa shape index (κ1) is 21.7. The van der Waals surface area contributed by atoms with Crippen molar-refractivity contribution in [2.75, 3.05) is 13.1 Å². The maximum absolute atomic E-state index is 13.6. The molecular weight excluding hydrogens is 414 g/mol. The van der Waals surface area contributed by atoms with Gasteiger partial charge >= 0.3 is 0 Å². The van der Waals surface area contributed by atoms with Gasteiger partial charge in [0.2, 0.25) is 5.91 Å². The average Bonchev–Trinajstić information content (AvgIpc) is 3.28. The van der Waals surface area contributed by atoms with E-state index < -0.39 is 18.4 Å². The number of hydrogen-bond donors (Lipinski definition) is 1. The minimum absolute atomic E-state index is 0.0567. The molecule has 2 aromatic carbocycles. The highest BCUT2D eigenvalue weighted by molar-refractivity contribution is 5.94. The highest BCUT2D eigenvalue weighted by atomic mass is 19.3. The Labute approximate surface area is 184 Å². The van der Waals surface area contributed by atoms with Crippen molar-refractivity contribution in [2.24, 2.45) is 0 Å². The monoisotopic (exact) mass is 438 g/mol. The zero-order valence-electron chi connectivity index (χ0n) is 17.5. The smallest absolute Gasteiger partial charge is 0.265 e. The van der Waals surface area contributed by atoms with Crippen LogP contribution in [-0.4, -0.2) is 45.5 Å². The molecule has 2 heterocycles. The van der Waals surface area contributed by atoms with E-state index in [0.29, 0.717) is 19.5 Å². The summed E-state index contributed by atoms with van der Waals surface area (Å²) in [5, 5.41) is 7.10. The first-order chi connectivity index (χ1) is 15.4. The maximum atomic E-state index is 13.6. The lowest BCUT2D eigenvalue weighted by Crippen LogP contribution is -2.45. The van der Waals surface area contributed by atoms with Gasteiger partial charge in [-0.25, -0.2) is 13.5 Å². The zero-order chi connectivity index (χ0) is 22.6. The zero-order valence-corrected chi connectivity index (χ0v) is 17.5. The minimum atomic E-state index is -2.84. The quantitative estimate of drug-likeness (QED) is 0.640. The molecule has 0 radical (unpaired) electrons. The molecule has 1 aliphatic heterocycles. The second-order valence-corrected chi connectivity index (χ2v) is 7.97. The molecule has 1 N–H and O–H groups in total. The number of amides is 2. The summed E-state index contributed by atoms with van der Waals surface area (Å²) in [7, 11) is 0. The molecule has 1 aliphatic rings. The number of piperidine rings is 1. The van der Waals surface area contributed by atoms with Crippen molar-refractivity contribution in [2.45, 2.75) is 31.7 Å². The van der Waals surface area contributed by atoms with Gasteiger partial charge in [-0.2, -0.15) is 5.10 Å². The molecule has 1 aromatic heterocycles. The minimum Gasteiger partial charge on any atom is -0.352 e. The topological polar surface area (TPSA) is 67.2 Å². The summed E-state index contributed by atoms with van der Waals surface area (Å²) in [6, 6.07) is 16.9. The van der Waals surface area contributed by atoms with Gasteiger partial charge in [0.05, 0.1) is 30.4 Å². The van der Waals surface area contributed by atoms with Crippen molar-refractivity contribution in [1.29, 1.82) is 0 Å². The molecule has 0 unspecified atom stereocenters. The van der Waals surface area contributed by atoms with E-state index in [4.69, 9.17) is 0 Å². The van der Waals surface area contributed by atoms with E-state index in [-0.39, 0.29) is 24.3 Å². The third-order valence-electron chi connectivity index (χ3n) is 5.41. The van der Waals surface area contributed by atoms with E-state index >= 15 is 0 Å². The van der Waals surface area contributed by atoms with E-state index in [2.05, 4.69) is 10.4 Å². The van der Waals surface area contributed by atoms with Gasteiger partial charge in [0, 0.05) is 25.7 Å². The molecular formula is C24H24F2N4O2. The van der Waals surface area contributed by atoms with E-state index in [1.807, 2.05) is 54.6 Å². The highest BCUT2D eigenvalue weighted by Gasteiger charge is 2.37. The molecule has 2 amide bonds. The van der Waals surface area contributed by atoms with Crippen molar-refractivity contribution in [1.82, 2.24) is 20.0 Å². The van der Waals surface area contributed by atoms with E-state index in [0.717, 1.165) is 16.8 Å². The number of hydrogen-bond acceptors (Lipinski definition) is 3.